The van der Waals surface area contributed by atoms with Crippen molar-refractivity contribution in [1.82, 2.24) is 9.97 Å². The molecule has 1 aromatic heterocycles. The summed E-state index contributed by atoms with van der Waals surface area (Å²) in [5, 5.41) is 12.7. The molecule has 2 aromatic rings. The van der Waals surface area contributed by atoms with Gasteiger partial charge in [-0.1, -0.05) is 23.2 Å². The lowest BCUT2D eigenvalue weighted by Gasteiger charge is -2.06. The van der Waals surface area contributed by atoms with E-state index in [1.165, 1.54) is 12.4 Å². The van der Waals surface area contributed by atoms with Gasteiger partial charge >= 0.3 is 0 Å². The predicted molar refractivity (Wildman–Crippen MR) is 66.5 cm³/mol. The lowest BCUT2D eigenvalue weighted by atomic mass is 10.3. The van der Waals surface area contributed by atoms with E-state index in [1.54, 1.807) is 18.2 Å². The zero-order valence-corrected chi connectivity index (χ0v) is 10.00. The summed E-state index contributed by atoms with van der Waals surface area (Å²) in [4.78, 5) is 7.75. The third kappa shape index (κ3) is 3.06. The van der Waals surface area contributed by atoms with Crippen molar-refractivity contribution in [3.63, 3.8) is 0 Å². The second-order valence-electron chi connectivity index (χ2n) is 3.18. The lowest BCUT2D eigenvalue weighted by Crippen LogP contribution is -1.95. The van der Waals surface area contributed by atoms with Gasteiger partial charge in [-0.05, 0) is 18.2 Å². The molecule has 0 amide bonds. The van der Waals surface area contributed by atoms with E-state index in [9.17, 15) is 0 Å². The molecular weight excluding hydrogens is 259 g/mol. The van der Waals surface area contributed by atoms with Crippen molar-refractivity contribution in [2.75, 3.05) is 5.32 Å². The Morgan fingerprint density at radius 1 is 1.06 bits per heavy atom. The Hall–Kier alpha value is -1.83. The van der Waals surface area contributed by atoms with Crippen molar-refractivity contribution < 1.29 is 0 Å². The van der Waals surface area contributed by atoms with E-state index in [0.717, 1.165) is 0 Å². The summed E-state index contributed by atoms with van der Waals surface area (Å²) in [7, 11) is 0. The minimum atomic E-state index is 0.288. The summed E-state index contributed by atoms with van der Waals surface area (Å²) in [5.74, 6) is 0.509. The van der Waals surface area contributed by atoms with Gasteiger partial charge in [0.05, 0.1) is 0 Å². The Morgan fingerprint density at radius 2 is 1.76 bits per heavy atom. The van der Waals surface area contributed by atoms with Gasteiger partial charge in [-0.3, -0.25) is 0 Å². The highest BCUT2D eigenvalue weighted by Gasteiger charge is 2.01. The average Bonchev–Trinajstić information content (AvgIpc) is 2.28. The molecule has 0 bridgehead atoms. The summed E-state index contributed by atoms with van der Waals surface area (Å²) >= 11 is 11.7. The quantitative estimate of drug-likeness (QED) is 0.903. The van der Waals surface area contributed by atoms with Crippen LogP contribution in [0.25, 0.3) is 0 Å². The first kappa shape index (κ1) is 11.6. The number of benzene rings is 1. The molecule has 2 rings (SSSR count). The number of nitriles is 1. The highest BCUT2D eigenvalue weighted by molar-refractivity contribution is 6.35. The minimum Gasteiger partial charge on any atom is -0.340 e. The molecule has 0 spiro atoms. The molecule has 0 radical (unpaired) electrons. The van der Waals surface area contributed by atoms with Crippen LogP contribution in [0, 0.1) is 11.3 Å². The molecule has 1 N–H and O–H groups in total. The van der Waals surface area contributed by atoms with Gasteiger partial charge in [0.15, 0.2) is 0 Å². The standard InChI is InChI=1S/C11H6Cl2N4/c12-7-1-8(13)3-9(2-7)17-11-4-10(5-14)15-6-16-11/h1-4,6H,(H,15,16,17). The number of halogens is 2. The number of aromatic nitrogens is 2. The fraction of sp³-hybridized carbons (Fsp3) is 0. The summed E-state index contributed by atoms with van der Waals surface area (Å²) in [6, 6.07) is 8.52. The zero-order chi connectivity index (χ0) is 12.3. The lowest BCUT2D eigenvalue weighted by molar-refractivity contribution is 1.14. The fourth-order valence-electron chi connectivity index (χ4n) is 1.26. The van der Waals surface area contributed by atoms with Crippen LogP contribution in [-0.2, 0) is 0 Å². The van der Waals surface area contributed by atoms with E-state index in [0.29, 0.717) is 21.6 Å². The molecule has 4 nitrogen and oxygen atoms in total. The summed E-state index contributed by atoms with van der Waals surface area (Å²) in [6.45, 7) is 0. The van der Waals surface area contributed by atoms with Crippen LogP contribution in [0.3, 0.4) is 0 Å². The first-order valence-electron chi connectivity index (χ1n) is 4.62. The molecule has 1 heterocycles. The topological polar surface area (TPSA) is 61.6 Å². The number of nitrogens with zero attached hydrogens (tertiary/aromatic N) is 3. The molecule has 0 atom stereocenters. The molecule has 0 saturated heterocycles. The zero-order valence-electron chi connectivity index (χ0n) is 8.48. The molecular formula is C11H6Cl2N4. The number of anilines is 2. The van der Waals surface area contributed by atoms with Crippen molar-refractivity contribution in [3.8, 4) is 6.07 Å². The smallest absolute Gasteiger partial charge is 0.145 e. The summed E-state index contributed by atoms with van der Waals surface area (Å²) in [5.41, 5.74) is 0.987. The van der Waals surface area contributed by atoms with Crippen LogP contribution in [0.4, 0.5) is 11.5 Å². The molecule has 0 aliphatic rings. The van der Waals surface area contributed by atoms with Gasteiger partial charge in [0, 0.05) is 21.8 Å². The van der Waals surface area contributed by atoms with Crippen molar-refractivity contribution in [2.24, 2.45) is 0 Å². The van der Waals surface area contributed by atoms with Gasteiger partial charge in [-0.25, -0.2) is 9.97 Å². The van der Waals surface area contributed by atoms with E-state index >= 15 is 0 Å². The van der Waals surface area contributed by atoms with Crippen LogP contribution in [-0.4, -0.2) is 9.97 Å². The van der Waals surface area contributed by atoms with Crippen LogP contribution in [0.2, 0.25) is 10.0 Å². The number of hydrogen-bond acceptors (Lipinski definition) is 4. The van der Waals surface area contributed by atoms with Crippen LogP contribution < -0.4 is 5.32 Å². The van der Waals surface area contributed by atoms with Crippen molar-refractivity contribution in [2.45, 2.75) is 0 Å². The molecule has 84 valence electrons. The largest absolute Gasteiger partial charge is 0.340 e. The summed E-state index contributed by atoms with van der Waals surface area (Å²) in [6.07, 6.45) is 1.31. The van der Waals surface area contributed by atoms with Gasteiger partial charge in [-0.2, -0.15) is 5.26 Å². The average molecular weight is 265 g/mol. The molecule has 0 saturated carbocycles. The van der Waals surface area contributed by atoms with Crippen molar-refractivity contribution in [1.29, 1.82) is 5.26 Å². The maximum atomic E-state index is 8.71. The Bertz CT molecular complexity index is 572. The maximum absolute atomic E-state index is 8.71. The van der Waals surface area contributed by atoms with Gasteiger partial charge in [0.1, 0.15) is 23.9 Å². The van der Waals surface area contributed by atoms with Crippen LogP contribution in [0.5, 0.6) is 0 Å². The van der Waals surface area contributed by atoms with Gasteiger partial charge in [0.2, 0.25) is 0 Å². The molecule has 0 aliphatic heterocycles. The van der Waals surface area contributed by atoms with E-state index < -0.39 is 0 Å². The number of rotatable bonds is 2. The van der Waals surface area contributed by atoms with E-state index in [-0.39, 0.29) is 5.69 Å². The highest BCUT2D eigenvalue weighted by atomic mass is 35.5. The highest BCUT2D eigenvalue weighted by Crippen LogP contribution is 2.24. The maximum Gasteiger partial charge on any atom is 0.145 e. The fourth-order valence-corrected chi connectivity index (χ4v) is 1.79. The molecule has 0 unspecified atom stereocenters. The predicted octanol–water partition coefficient (Wildman–Crippen LogP) is 3.40. The van der Waals surface area contributed by atoms with E-state index in [4.69, 9.17) is 28.5 Å². The Morgan fingerprint density at radius 3 is 2.41 bits per heavy atom. The van der Waals surface area contributed by atoms with Crippen molar-refractivity contribution in [3.05, 3.63) is 46.3 Å². The molecule has 6 heteroatoms. The molecule has 0 fully saturated rings. The normalized spacial score (nSPS) is 9.71. The van der Waals surface area contributed by atoms with E-state index in [1.807, 2.05) is 6.07 Å². The van der Waals surface area contributed by atoms with E-state index in [2.05, 4.69) is 15.3 Å². The minimum absolute atomic E-state index is 0.288. The Kier molecular flexibility index (Phi) is 3.43. The Labute approximate surface area is 108 Å². The summed E-state index contributed by atoms with van der Waals surface area (Å²) < 4.78 is 0. The molecule has 1 aromatic carbocycles. The third-order valence-corrected chi connectivity index (χ3v) is 2.35. The Balaban J connectivity index is 2.28. The monoisotopic (exact) mass is 264 g/mol. The van der Waals surface area contributed by atoms with Gasteiger partial charge in [-0.15, -0.1) is 0 Å². The van der Waals surface area contributed by atoms with Crippen molar-refractivity contribution >= 4 is 34.7 Å². The SMILES string of the molecule is N#Cc1cc(Nc2cc(Cl)cc(Cl)c2)ncn1. The third-order valence-electron chi connectivity index (χ3n) is 1.92. The van der Waals surface area contributed by atoms with Crippen LogP contribution in [0.15, 0.2) is 30.6 Å². The number of nitrogens with one attached hydrogen (secondary N) is 1. The van der Waals surface area contributed by atoms with Gasteiger partial charge in [0.25, 0.3) is 0 Å². The number of hydrogen-bond donors (Lipinski definition) is 1. The van der Waals surface area contributed by atoms with Gasteiger partial charge < -0.3 is 5.32 Å². The second-order valence-corrected chi connectivity index (χ2v) is 4.06. The molecule has 17 heavy (non-hydrogen) atoms. The van der Waals surface area contributed by atoms with Crippen LogP contribution in [0.1, 0.15) is 5.69 Å². The first-order chi connectivity index (χ1) is 8.17. The van der Waals surface area contributed by atoms with Crippen LogP contribution >= 0.6 is 23.2 Å². The first-order valence-corrected chi connectivity index (χ1v) is 5.38. The second kappa shape index (κ2) is 5.00. The molecule has 0 aliphatic carbocycles.